The summed E-state index contributed by atoms with van der Waals surface area (Å²) in [5.41, 5.74) is 0. The lowest BCUT2D eigenvalue weighted by Gasteiger charge is -2.16. The molecule has 1 N–H and O–H groups in total. The molecule has 152 valence electrons. The molecule has 0 aromatic heterocycles. The molecule has 0 unspecified atom stereocenters. The van der Waals surface area contributed by atoms with Crippen LogP contribution in [0.5, 0.6) is 0 Å². The zero-order valence-electron chi connectivity index (χ0n) is 17.0. The van der Waals surface area contributed by atoms with Gasteiger partial charge in [-0.05, 0) is 25.2 Å². The number of likely N-dealkylation sites (tertiary alicyclic amines) is 1. The van der Waals surface area contributed by atoms with Crippen LogP contribution in [0.15, 0.2) is 0 Å². The van der Waals surface area contributed by atoms with Crippen LogP contribution in [0.25, 0.3) is 0 Å². The molecule has 1 aliphatic rings. The Morgan fingerprint density at radius 2 is 1.27 bits per heavy atom. The molecule has 1 heterocycles. The molecular weight excluding hydrogens is 326 g/mol. The number of carboxylic acid groups (broad SMARTS) is 1. The van der Waals surface area contributed by atoms with Gasteiger partial charge in [0.25, 0.3) is 0 Å². The van der Waals surface area contributed by atoms with Gasteiger partial charge in [0.2, 0.25) is 5.91 Å². The number of nitrogens with zero attached hydrogens (tertiary/aromatic N) is 1. The Morgan fingerprint density at radius 3 is 1.69 bits per heavy atom. The minimum atomic E-state index is -0.671. The van der Waals surface area contributed by atoms with Crippen LogP contribution in [-0.2, 0) is 9.59 Å². The van der Waals surface area contributed by atoms with E-state index >= 15 is 0 Å². The Hall–Kier alpha value is -1.06. The van der Waals surface area contributed by atoms with Crippen molar-refractivity contribution in [1.82, 2.24) is 4.90 Å². The topological polar surface area (TPSA) is 57.6 Å². The Bertz CT molecular complexity index is 384. The van der Waals surface area contributed by atoms with Crippen molar-refractivity contribution in [3.8, 4) is 0 Å². The predicted molar refractivity (Wildman–Crippen MR) is 107 cm³/mol. The molecule has 1 aliphatic heterocycles. The van der Waals surface area contributed by atoms with Crippen molar-refractivity contribution in [3.05, 3.63) is 0 Å². The Kier molecular flexibility index (Phi) is 13.3. The lowest BCUT2D eigenvalue weighted by Crippen LogP contribution is -2.28. The van der Waals surface area contributed by atoms with E-state index < -0.39 is 5.97 Å². The number of carbonyl (C=O) groups is 2. The first-order chi connectivity index (χ1) is 12.6. The minimum Gasteiger partial charge on any atom is -0.481 e. The summed E-state index contributed by atoms with van der Waals surface area (Å²) in [4.78, 5) is 24.6. The molecule has 1 amide bonds. The number of rotatable bonds is 16. The van der Waals surface area contributed by atoms with Gasteiger partial charge in [0.1, 0.15) is 0 Å². The SMILES string of the molecule is CC[C@H]1CCN(C(=O)CCCCCCCCCCCCCCC(=O)O)C1. The van der Waals surface area contributed by atoms with E-state index in [2.05, 4.69) is 11.8 Å². The molecule has 0 aliphatic carbocycles. The summed E-state index contributed by atoms with van der Waals surface area (Å²) in [7, 11) is 0. The summed E-state index contributed by atoms with van der Waals surface area (Å²) in [5, 5.41) is 8.57. The smallest absolute Gasteiger partial charge is 0.303 e. The fourth-order valence-corrected chi connectivity index (χ4v) is 3.87. The Labute approximate surface area is 160 Å². The molecular formula is C22H41NO3. The third-order valence-corrected chi connectivity index (χ3v) is 5.75. The fraction of sp³-hybridized carbons (Fsp3) is 0.909. The van der Waals surface area contributed by atoms with Crippen LogP contribution in [0, 0.1) is 5.92 Å². The lowest BCUT2D eigenvalue weighted by molar-refractivity contribution is -0.137. The van der Waals surface area contributed by atoms with E-state index in [1.807, 2.05) is 0 Å². The summed E-state index contributed by atoms with van der Waals surface area (Å²) in [6.07, 6.45) is 17.8. The van der Waals surface area contributed by atoms with Crippen molar-refractivity contribution in [2.45, 2.75) is 110 Å². The van der Waals surface area contributed by atoms with Crippen LogP contribution >= 0.6 is 0 Å². The minimum absolute atomic E-state index is 0.322. The third kappa shape index (κ3) is 11.5. The highest BCUT2D eigenvalue weighted by molar-refractivity contribution is 5.76. The number of carboxylic acids is 1. The highest BCUT2D eigenvalue weighted by Gasteiger charge is 2.24. The highest BCUT2D eigenvalue weighted by Crippen LogP contribution is 2.20. The summed E-state index contributed by atoms with van der Waals surface area (Å²) in [5.74, 6) is 0.448. The molecule has 0 bridgehead atoms. The van der Waals surface area contributed by atoms with Gasteiger partial charge in [-0.1, -0.05) is 77.6 Å². The van der Waals surface area contributed by atoms with Crippen molar-refractivity contribution in [1.29, 1.82) is 0 Å². The molecule has 4 nitrogen and oxygen atoms in total. The molecule has 0 aromatic carbocycles. The van der Waals surface area contributed by atoms with Gasteiger partial charge >= 0.3 is 5.97 Å². The highest BCUT2D eigenvalue weighted by atomic mass is 16.4. The van der Waals surface area contributed by atoms with Gasteiger partial charge in [0.15, 0.2) is 0 Å². The first-order valence-electron chi connectivity index (χ1n) is 11.1. The van der Waals surface area contributed by atoms with Crippen LogP contribution in [0.2, 0.25) is 0 Å². The monoisotopic (exact) mass is 367 g/mol. The van der Waals surface area contributed by atoms with Crippen LogP contribution in [0.1, 0.15) is 110 Å². The number of carbonyl (C=O) groups excluding carboxylic acids is 1. The van der Waals surface area contributed by atoms with Gasteiger partial charge in [-0.3, -0.25) is 9.59 Å². The lowest BCUT2D eigenvalue weighted by atomic mass is 10.0. The normalized spacial score (nSPS) is 17.0. The van der Waals surface area contributed by atoms with Crippen molar-refractivity contribution < 1.29 is 14.7 Å². The number of hydrogen-bond donors (Lipinski definition) is 1. The summed E-state index contributed by atoms with van der Waals surface area (Å²) in [6.45, 7) is 4.20. The van der Waals surface area contributed by atoms with E-state index in [4.69, 9.17) is 5.11 Å². The predicted octanol–water partition coefficient (Wildman–Crippen LogP) is 5.79. The maximum Gasteiger partial charge on any atom is 0.303 e. The molecule has 4 heteroatoms. The first kappa shape index (κ1) is 23.0. The van der Waals surface area contributed by atoms with Crippen molar-refractivity contribution in [2.24, 2.45) is 5.92 Å². The second-order valence-electron chi connectivity index (χ2n) is 8.04. The molecule has 0 saturated carbocycles. The maximum atomic E-state index is 12.1. The zero-order valence-corrected chi connectivity index (χ0v) is 17.0. The molecule has 0 radical (unpaired) electrons. The summed E-state index contributed by atoms with van der Waals surface area (Å²) in [6, 6.07) is 0. The Morgan fingerprint density at radius 1 is 0.808 bits per heavy atom. The van der Waals surface area contributed by atoms with E-state index in [9.17, 15) is 9.59 Å². The maximum absolute atomic E-state index is 12.1. The Balaban J connectivity index is 1.78. The standard InChI is InChI=1S/C22H41NO3/c1-2-20-17-18-23(19-20)21(24)15-13-11-9-7-5-3-4-6-8-10-12-14-16-22(25)26/h20H,2-19H2,1H3,(H,25,26)/t20-/m0/s1. The van der Waals surface area contributed by atoms with Gasteiger partial charge in [0, 0.05) is 25.9 Å². The number of aliphatic carboxylic acids is 1. The largest absolute Gasteiger partial charge is 0.481 e. The van der Waals surface area contributed by atoms with Crippen LogP contribution in [-0.4, -0.2) is 35.0 Å². The van der Waals surface area contributed by atoms with E-state index in [1.165, 1.54) is 70.6 Å². The van der Waals surface area contributed by atoms with E-state index in [0.29, 0.717) is 12.3 Å². The fourth-order valence-electron chi connectivity index (χ4n) is 3.87. The molecule has 0 spiro atoms. The van der Waals surface area contributed by atoms with E-state index in [1.54, 1.807) is 0 Å². The average Bonchev–Trinajstić information content (AvgIpc) is 3.11. The summed E-state index contributed by atoms with van der Waals surface area (Å²) < 4.78 is 0. The second-order valence-corrected chi connectivity index (χ2v) is 8.04. The molecule has 0 aromatic rings. The summed E-state index contributed by atoms with van der Waals surface area (Å²) >= 11 is 0. The number of unbranched alkanes of at least 4 members (excludes halogenated alkanes) is 11. The van der Waals surface area contributed by atoms with Crippen molar-refractivity contribution in [2.75, 3.05) is 13.1 Å². The average molecular weight is 368 g/mol. The van der Waals surface area contributed by atoms with Gasteiger partial charge in [-0.2, -0.15) is 0 Å². The number of hydrogen-bond acceptors (Lipinski definition) is 2. The van der Waals surface area contributed by atoms with Crippen molar-refractivity contribution >= 4 is 11.9 Å². The molecule has 1 rings (SSSR count). The van der Waals surface area contributed by atoms with Gasteiger partial charge in [-0.25, -0.2) is 0 Å². The van der Waals surface area contributed by atoms with Gasteiger partial charge in [0.05, 0.1) is 0 Å². The number of amides is 1. The zero-order chi connectivity index (χ0) is 19.0. The molecule has 1 atom stereocenters. The van der Waals surface area contributed by atoms with Crippen LogP contribution < -0.4 is 0 Å². The van der Waals surface area contributed by atoms with Crippen molar-refractivity contribution in [3.63, 3.8) is 0 Å². The molecule has 1 saturated heterocycles. The van der Waals surface area contributed by atoms with E-state index in [-0.39, 0.29) is 0 Å². The van der Waals surface area contributed by atoms with E-state index in [0.717, 1.165) is 44.7 Å². The second kappa shape index (κ2) is 15.0. The third-order valence-electron chi connectivity index (χ3n) is 5.75. The molecule has 26 heavy (non-hydrogen) atoms. The van der Waals surface area contributed by atoms with Gasteiger partial charge in [-0.15, -0.1) is 0 Å². The molecule has 1 fully saturated rings. The van der Waals surface area contributed by atoms with Gasteiger partial charge < -0.3 is 10.0 Å². The first-order valence-corrected chi connectivity index (χ1v) is 11.1. The van der Waals surface area contributed by atoms with Crippen LogP contribution in [0.4, 0.5) is 0 Å². The quantitative estimate of drug-likeness (QED) is 0.351. The van der Waals surface area contributed by atoms with Crippen LogP contribution in [0.3, 0.4) is 0 Å².